The van der Waals surface area contributed by atoms with E-state index in [2.05, 4.69) is 5.32 Å². The highest BCUT2D eigenvalue weighted by Gasteiger charge is 2.25. The summed E-state index contributed by atoms with van der Waals surface area (Å²) in [6.07, 6.45) is 14.6. The number of carboxylic acids is 1. The first-order chi connectivity index (χ1) is 16.7. The van der Waals surface area contributed by atoms with Crippen LogP contribution in [0.1, 0.15) is 64.2 Å². The zero-order chi connectivity index (χ0) is 25.4. The van der Waals surface area contributed by atoms with Gasteiger partial charge in [0.2, 0.25) is 10.0 Å². The molecule has 0 spiro atoms. The molecule has 2 N–H and O–H groups in total. The number of hydrogen-bond acceptors (Lipinski definition) is 5. The zero-order valence-corrected chi connectivity index (χ0v) is 22.2. The molecule has 0 unspecified atom stereocenters. The SMILES string of the molecule is C1CCC(NC2CCCCC2)CC1.CN(C)c1cccc2c(S(=O)(=O)N(C)CC(=O)O)cccc12. The summed E-state index contributed by atoms with van der Waals surface area (Å²) in [4.78, 5) is 12.8. The van der Waals surface area contributed by atoms with Crippen LogP contribution in [-0.2, 0) is 14.8 Å². The lowest BCUT2D eigenvalue weighted by Gasteiger charge is -2.30. The van der Waals surface area contributed by atoms with E-state index in [1.807, 2.05) is 31.1 Å². The number of hydrogen-bond donors (Lipinski definition) is 2. The van der Waals surface area contributed by atoms with E-state index in [9.17, 15) is 13.2 Å². The smallest absolute Gasteiger partial charge is 0.318 e. The Balaban J connectivity index is 0.000000223. The van der Waals surface area contributed by atoms with Gasteiger partial charge in [0.25, 0.3) is 0 Å². The molecule has 194 valence electrons. The minimum absolute atomic E-state index is 0.109. The fraction of sp³-hybridized carbons (Fsp3) is 0.593. The molecule has 0 heterocycles. The average molecular weight is 504 g/mol. The third-order valence-electron chi connectivity index (χ3n) is 7.07. The summed E-state index contributed by atoms with van der Waals surface area (Å²) >= 11 is 0. The highest BCUT2D eigenvalue weighted by molar-refractivity contribution is 7.89. The van der Waals surface area contributed by atoms with Gasteiger partial charge in [-0.15, -0.1) is 0 Å². The summed E-state index contributed by atoms with van der Waals surface area (Å²) in [7, 11) is 1.16. The van der Waals surface area contributed by atoms with E-state index in [-0.39, 0.29) is 4.90 Å². The Bertz CT molecular complexity index is 1060. The van der Waals surface area contributed by atoms with Gasteiger partial charge in [-0.2, -0.15) is 4.31 Å². The maximum absolute atomic E-state index is 12.6. The number of benzene rings is 2. The number of rotatable bonds is 7. The van der Waals surface area contributed by atoms with Crippen molar-refractivity contribution >= 4 is 32.5 Å². The summed E-state index contributed by atoms with van der Waals surface area (Å²) in [6.45, 7) is -0.577. The van der Waals surface area contributed by atoms with Crippen LogP contribution in [0.15, 0.2) is 41.3 Å². The molecular weight excluding hydrogens is 462 g/mol. The minimum Gasteiger partial charge on any atom is -0.480 e. The second-order valence-electron chi connectivity index (χ2n) is 10.0. The Morgan fingerprint density at radius 3 is 1.89 bits per heavy atom. The molecule has 2 aliphatic carbocycles. The van der Waals surface area contributed by atoms with E-state index >= 15 is 0 Å². The summed E-state index contributed by atoms with van der Waals surface area (Å²) in [5.74, 6) is -1.19. The van der Waals surface area contributed by atoms with Crippen LogP contribution in [0, 0.1) is 0 Å². The molecule has 4 rings (SSSR count). The number of carboxylic acid groups (broad SMARTS) is 1. The standard InChI is InChI=1S/C15H18N2O4S.C12H23N/c1-16(2)13-8-4-7-12-11(13)6-5-9-14(12)22(20,21)17(3)10-15(18)19;1-3-7-11(8-4-1)13-12-9-5-2-6-10-12/h4-9H,10H2,1-3H3,(H,18,19);11-13H,1-10H2. The van der Waals surface area contributed by atoms with Gasteiger partial charge in [-0.3, -0.25) is 4.79 Å². The van der Waals surface area contributed by atoms with Crippen molar-refractivity contribution in [3.05, 3.63) is 36.4 Å². The first-order valence-electron chi connectivity index (χ1n) is 12.8. The molecule has 2 fully saturated rings. The van der Waals surface area contributed by atoms with Crippen LogP contribution in [0.5, 0.6) is 0 Å². The molecule has 2 aromatic rings. The number of likely N-dealkylation sites (N-methyl/N-ethyl adjacent to an activating group) is 1. The largest absolute Gasteiger partial charge is 0.480 e. The van der Waals surface area contributed by atoms with Crippen molar-refractivity contribution < 1.29 is 18.3 Å². The van der Waals surface area contributed by atoms with Gasteiger partial charge >= 0.3 is 5.97 Å². The maximum Gasteiger partial charge on any atom is 0.318 e. The molecule has 0 atom stereocenters. The van der Waals surface area contributed by atoms with E-state index < -0.39 is 22.5 Å². The van der Waals surface area contributed by atoms with Gasteiger partial charge in [0.05, 0.1) is 4.90 Å². The van der Waals surface area contributed by atoms with E-state index in [1.54, 1.807) is 18.2 Å². The first kappa shape index (κ1) is 27.4. The molecule has 7 nitrogen and oxygen atoms in total. The number of anilines is 1. The molecule has 0 saturated heterocycles. The maximum atomic E-state index is 12.6. The first-order valence-corrected chi connectivity index (χ1v) is 14.3. The van der Waals surface area contributed by atoms with Crippen LogP contribution in [0.4, 0.5) is 5.69 Å². The number of carbonyl (C=O) groups is 1. The molecular formula is C27H41N3O4S. The normalized spacial score (nSPS) is 17.7. The van der Waals surface area contributed by atoms with Gasteiger partial charge < -0.3 is 15.3 Å². The molecule has 2 aromatic carbocycles. The highest BCUT2D eigenvalue weighted by atomic mass is 32.2. The number of fused-ring (bicyclic) bond motifs is 1. The van der Waals surface area contributed by atoms with E-state index in [1.165, 1.54) is 77.3 Å². The van der Waals surface area contributed by atoms with Gasteiger partial charge in [0, 0.05) is 49.7 Å². The molecule has 0 bridgehead atoms. The van der Waals surface area contributed by atoms with Gasteiger partial charge in [-0.1, -0.05) is 62.8 Å². The quantitative estimate of drug-likeness (QED) is 0.561. The predicted molar refractivity (Wildman–Crippen MR) is 143 cm³/mol. The van der Waals surface area contributed by atoms with Crippen LogP contribution < -0.4 is 10.2 Å². The number of nitrogens with one attached hydrogen (secondary N) is 1. The predicted octanol–water partition coefficient (Wildman–Crippen LogP) is 4.85. The van der Waals surface area contributed by atoms with Gasteiger partial charge in [0.1, 0.15) is 6.54 Å². The monoisotopic (exact) mass is 503 g/mol. The van der Waals surface area contributed by atoms with Crippen molar-refractivity contribution in [2.45, 2.75) is 81.2 Å². The molecule has 0 aromatic heterocycles. The zero-order valence-electron chi connectivity index (χ0n) is 21.4. The third kappa shape index (κ3) is 7.41. The van der Waals surface area contributed by atoms with Crippen molar-refractivity contribution in [3.8, 4) is 0 Å². The highest BCUT2D eigenvalue weighted by Crippen LogP contribution is 2.31. The van der Waals surface area contributed by atoms with Crippen molar-refractivity contribution in [1.82, 2.24) is 9.62 Å². The molecule has 35 heavy (non-hydrogen) atoms. The second kappa shape index (κ2) is 12.7. The Hall–Kier alpha value is -2.16. The van der Waals surface area contributed by atoms with Crippen molar-refractivity contribution in [1.29, 1.82) is 0 Å². The lowest BCUT2D eigenvalue weighted by Crippen LogP contribution is -2.40. The average Bonchev–Trinajstić information content (AvgIpc) is 2.84. The van der Waals surface area contributed by atoms with Crippen LogP contribution >= 0.6 is 0 Å². The Labute approximate surface area is 210 Å². The van der Waals surface area contributed by atoms with Gasteiger partial charge in [-0.25, -0.2) is 8.42 Å². The lowest BCUT2D eigenvalue weighted by atomic mass is 9.91. The molecule has 0 radical (unpaired) electrons. The van der Waals surface area contributed by atoms with Crippen molar-refractivity contribution in [2.75, 3.05) is 32.6 Å². The molecule has 0 aliphatic heterocycles. The van der Waals surface area contributed by atoms with E-state index in [0.717, 1.165) is 27.5 Å². The molecule has 0 amide bonds. The molecule has 2 saturated carbocycles. The van der Waals surface area contributed by atoms with Crippen LogP contribution in [0.25, 0.3) is 10.8 Å². The topological polar surface area (TPSA) is 90.0 Å². The van der Waals surface area contributed by atoms with Gasteiger partial charge in [0.15, 0.2) is 0 Å². The molecule has 2 aliphatic rings. The van der Waals surface area contributed by atoms with Crippen molar-refractivity contribution in [3.63, 3.8) is 0 Å². The summed E-state index contributed by atoms with van der Waals surface area (Å²) in [5, 5.41) is 14.0. The van der Waals surface area contributed by atoms with E-state index in [4.69, 9.17) is 5.11 Å². The summed E-state index contributed by atoms with van der Waals surface area (Å²) in [6, 6.07) is 12.2. The second-order valence-corrected chi connectivity index (χ2v) is 12.0. The number of aliphatic carboxylic acids is 1. The van der Waals surface area contributed by atoms with Crippen LogP contribution in [0.2, 0.25) is 0 Å². The summed E-state index contributed by atoms with van der Waals surface area (Å²) < 4.78 is 26.1. The number of nitrogens with zero attached hydrogens (tertiary/aromatic N) is 2. The Morgan fingerprint density at radius 1 is 0.857 bits per heavy atom. The number of sulfonamides is 1. The van der Waals surface area contributed by atoms with Crippen molar-refractivity contribution in [2.24, 2.45) is 0 Å². The third-order valence-corrected chi connectivity index (χ3v) is 8.93. The van der Waals surface area contributed by atoms with Gasteiger partial charge in [-0.05, 0) is 37.8 Å². The minimum atomic E-state index is -3.87. The molecule has 8 heteroatoms. The fourth-order valence-corrected chi connectivity index (χ4v) is 6.52. The Kier molecular flexibility index (Phi) is 9.95. The van der Waals surface area contributed by atoms with Crippen LogP contribution in [-0.4, -0.2) is 63.6 Å². The fourth-order valence-electron chi connectivity index (χ4n) is 5.19. The van der Waals surface area contributed by atoms with E-state index in [0.29, 0.717) is 5.39 Å². The lowest BCUT2D eigenvalue weighted by molar-refractivity contribution is -0.137. The Morgan fingerprint density at radius 2 is 1.37 bits per heavy atom. The van der Waals surface area contributed by atoms with Crippen LogP contribution in [0.3, 0.4) is 0 Å². The summed E-state index contributed by atoms with van der Waals surface area (Å²) in [5.41, 5.74) is 0.899.